The molecule has 24 heavy (non-hydrogen) atoms. The molecular weight excluding hydrogens is 320 g/mol. The SMILES string of the molecule is O=C(Cc1cn2ccsc2n1)N/N=C/c1cccc2ccccc12. The molecule has 0 aliphatic rings. The average Bonchev–Trinajstić information content (AvgIpc) is 3.16. The summed E-state index contributed by atoms with van der Waals surface area (Å²) in [5, 5.41) is 8.28. The zero-order chi connectivity index (χ0) is 16.4. The van der Waals surface area contributed by atoms with E-state index in [1.54, 1.807) is 17.6 Å². The fourth-order valence-electron chi connectivity index (χ4n) is 2.60. The first kappa shape index (κ1) is 14.6. The minimum atomic E-state index is -0.183. The van der Waals surface area contributed by atoms with Gasteiger partial charge in [0.15, 0.2) is 4.96 Å². The van der Waals surface area contributed by atoms with Gasteiger partial charge in [0, 0.05) is 23.3 Å². The first-order valence-electron chi connectivity index (χ1n) is 7.50. The zero-order valence-corrected chi connectivity index (χ0v) is 13.5. The zero-order valence-electron chi connectivity index (χ0n) is 12.7. The Morgan fingerprint density at radius 3 is 3.04 bits per heavy atom. The molecule has 2 aromatic heterocycles. The number of hydrogen-bond acceptors (Lipinski definition) is 4. The summed E-state index contributed by atoms with van der Waals surface area (Å²) in [6, 6.07) is 14.1. The Labute approximate surface area is 142 Å². The van der Waals surface area contributed by atoms with Gasteiger partial charge < -0.3 is 0 Å². The number of nitrogens with one attached hydrogen (secondary N) is 1. The lowest BCUT2D eigenvalue weighted by Gasteiger charge is -2.01. The fourth-order valence-corrected chi connectivity index (χ4v) is 3.32. The second-order valence-electron chi connectivity index (χ2n) is 5.36. The molecule has 4 rings (SSSR count). The van der Waals surface area contributed by atoms with Crippen molar-refractivity contribution in [2.45, 2.75) is 6.42 Å². The largest absolute Gasteiger partial charge is 0.297 e. The lowest BCUT2D eigenvalue weighted by molar-refractivity contribution is -0.120. The molecule has 0 aliphatic carbocycles. The number of carbonyl (C=O) groups excluding carboxylic acids is 1. The molecule has 0 fully saturated rings. The maximum Gasteiger partial charge on any atom is 0.246 e. The number of benzene rings is 2. The lowest BCUT2D eigenvalue weighted by Crippen LogP contribution is -2.19. The van der Waals surface area contributed by atoms with Gasteiger partial charge in [-0.1, -0.05) is 42.5 Å². The van der Waals surface area contributed by atoms with E-state index in [1.165, 1.54) is 0 Å². The molecule has 2 aromatic carbocycles. The third-order valence-electron chi connectivity index (χ3n) is 3.70. The van der Waals surface area contributed by atoms with Gasteiger partial charge in [-0.25, -0.2) is 10.4 Å². The van der Waals surface area contributed by atoms with Crippen LogP contribution in [0.5, 0.6) is 0 Å². The summed E-state index contributed by atoms with van der Waals surface area (Å²) in [6.45, 7) is 0. The summed E-state index contributed by atoms with van der Waals surface area (Å²) in [7, 11) is 0. The highest BCUT2D eigenvalue weighted by Crippen LogP contribution is 2.16. The molecule has 0 atom stereocenters. The predicted octanol–water partition coefficient (Wildman–Crippen LogP) is 3.24. The normalized spacial score (nSPS) is 11.5. The third kappa shape index (κ3) is 2.91. The van der Waals surface area contributed by atoms with Crippen molar-refractivity contribution in [3.05, 3.63) is 71.5 Å². The van der Waals surface area contributed by atoms with Gasteiger partial charge in [0.2, 0.25) is 5.91 Å². The monoisotopic (exact) mass is 334 g/mol. The smallest absolute Gasteiger partial charge is 0.246 e. The van der Waals surface area contributed by atoms with Crippen molar-refractivity contribution in [1.29, 1.82) is 0 Å². The summed E-state index contributed by atoms with van der Waals surface area (Å²) >= 11 is 1.54. The number of fused-ring (bicyclic) bond motifs is 2. The Morgan fingerprint density at radius 2 is 2.12 bits per heavy atom. The number of hydrazone groups is 1. The van der Waals surface area contributed by atoms with Crippen molar-refractivity contribution in [3.63, 3.8) is 0 Å². The van der Waals surface area contributed by atoms with E-state index in [9.17, 15) is 4.79 Å². The first-order valence-corrected chi connectivity index (χ1v) is 8.38. The molecule has 0 saturated carbocycles. The molecule has 118 valence electrons. The molecular formula is C18H14N4OS. The van der Waals surface area contributed by atoms with Crippen LogP contribution in [0, 0.1) is 0 Å². The predicted molar refractivity (Wildman–Crippen MR) is 96.5 cm³/mol. The van der Waals surface area contributed by atoms with Crippen molar-refractivity contribution < 1.29 is 4.79 Å². The standard InChI is InChI=1S/C18H14N4OS/c23-17(10-15-12-22-8-9-24-18(22)20-15)21-19-11-14-6-3-5-13-4-1-2-7-16(13)14/h1-9,11-12H,10H2,(H,21,23)/b19-11+. The molecule has 0 spiro atoms. The second-order valence-corrected chi connectivity index (χ2v) is 6.24. The number of amides is 1. The maximum atomic E-state index is 12.0. The van der Waals surface area contributed by atoms with Crippen LogP contribution in [-0.4, -0.2) is 21.5 Å². The number of carbonyl (C=O) groups is 1. The molecule has 6 heteroatoms. The van der Waals surface area contributed by atoms with E-state index in [0.717, 1.165) is 27.0 Å². The highest BCUT2D eigenvalue weighted by molar-refractivity contribution is 7.15. The number of hydrogen-bond donors (Lipinski definition) is 1. The minimum Gasteiger partial charge on any atom is -0.297 e. The van der Waals surface area contributed by atoms with Gasteiger partial charge in [-0.2, -0.15) is 5.10 Å². The van der Waals surface area contributed by atoms with E-state index >= 15 is 0 Å². The van der Waals surface area contributed by atoms with Crippen LogP contribution in [0.25, 0.3) is 15.7 Å². The summed E-state index contributed by atoms with van der Waals surface area (Å²) < 4.78 is 1.91. The van der Waals surface area contributed by atoms with Gasteiger partial charge in [-0.15, -0.1) is 11.3 Å². The third-order valence-corrected chi connectivity index (χ3v) is 4.47. The Balaban J connectivity index is 1.44. The summed E-state index contributed by atoms with van der Waals surface area (Å²) in [5.74, 6) is -0.183. The average molecular weight is 334 g/mol. The van der Waals surface area contributed by atoms with Crippen LogP contribution < -0.4 is 5.43 Å². The number of aromatic nitrogens is 2. The molecule has 5 nitrogen and oxygen atoms in total. The van der Waals surface area contributed by atoms with E-state index in [0.29, 0.717) is 0 Å². The van der Waals surface area contributed by atoms with Crippen molar-refractivity contribution >= 4 is 39.2 Å². The lowest BCUT2D eigenvalue weighted by atomic mass is 10.1. The minimum absolute atomic E-state index is 0.183. The van der Waals surface area contributed by atoms with Gasteiger partial charge in [0.05, 0.1) is 18.3 Å². The van der Waals surface area contributed by atoms with Gasteiger partial charge in [-0.05, 0) is 10.8 Å². The molecule has 0 aliphatic heterocycles. The number of thiazole rings is 1. The van der Waals surface area contributed by atoms with Crippen LogP contribution in [0.15, 0.2) is 65.3 Å². The van der Waals surface area contributed by atoms with Crippen molar-refractivity contribution in [1.82, 2.24) is 14.8 Å². The maximum absolute atomic E-state index is 12.0. The molecule has 4 aromatic rings. The Hall–Kier alpha value is -2.99. The fraction of sp³-hybridized carbons (Fsp3) is 0.0556. The number of rotatable bonds is 4. The molecule has 1 N–H and O–H groups in total. The van der Waals surface area contributed by atoms with Crippen LogP contribution in [0.2, 0.25) is 0 Å². The van der Waals surface area contributed by atoms with E-state index in [1.807, 2.05) is 52.5 Å². The summed E-state index contributed by atoms with van der Waals surface area (Å²) in [5.41, 5.74) is 4.27. The highest BCUT2D eigenvalue weighted by Gasteiger charge is 2.07. The first-order chi connectivity index (χ1) is 11.8. The van der Waals surface area contributed by atoms with Crippen molar-refractivity contribution in [2.24, 2.45) is 5.10 Å². The summed E-state index contributed by atoms with van der Waals surface area (Å²) in [6.07, 6.45) is 5.67. The van der Waals surface area contributed by atoms with E-state index < -0.39 is 0 Å². The van der Waals surface area contributed by atoms with Gasteiger partial charge in [-0.3, -0.25) is 9.20 Å². The van der Waals surface area contributed by atoms with Crippen LogP contribution in [0.3, 0.4) is 0 Å². The molecule has 2 heterocycles. The molecule has 1 amide bonds. The van der Waals surface area contributed by atoms with Crippen LogP contribution >= 0.6 is 11.3 Å². The Kier molecular flexibility index (Phi) is 3.80. The Morgan fingerprint density at radius 1 is 1.25 bits per heavy atom. The number of nitrogens with zero attached hydrogens (tertiary/aromatic N) is 3. The Bertz CT molecular complexity index is 1010. The summed E-state index contributed by atoms with van der Waals surface area (Å²) in [4.78, 5) is 17.3. The quantitative estimate of drug-likeness (QED) is 0.460. The molecule has 0 unspecified atom stereocenters. The molecule has 0 radical (unpaired) electrons. The van der Waals surface area contributed by atoms with Crippen molar-refractivity contribution in [3.8, 4) is 0 Å². The molecule has 0 saturated heterocycles. The second kappa shape index (κ2) is 6.25. The van der Waals surface area contributed by atoms with E-state index in [2.05, 4.69) is 27.6 Å². The molecule has 0 bridgehead atoms. The van der Waals surface area contributed by atoms with Gasteiger partial charge in [0.1, 0.15) is 0 Å². The van der Waals surface area contributed by atoms with E-state index in [-0.39, 0.29) is 12.3 Å². The van der Waals surface area contributed by atoms with Crippen LogP contribution in [0.4, 0.5) is 0 Å². The van der Waals surface area contributed by atoms with Crippen LogP contribution in [-0.2, 0) is 11.2 Å². The highest BCUT2D eigenvalue weighted by atomic mass is 32.1. The number of imidazole rings is 1. The van der Waals surface area contributed by atoms with Crippen molar-refractivity contribution in [2.75, 3.05) is 0 Å². The van der Waals surface area contributed by atoms with Gasteiger partial charge in [0.25, 0.3) is 0 Å². The van der Waals surface area contributed by atoms with Crippen LogP contribution in [0.1, 0.15) is 11.3 Å². The van der Waals surface area contributed by atoms with E-state index in [4.69, 9.17) is 0 Å². The van der Waals surface area contributed by atoms with Gasteiger partial charge >= 0.3 is 0 Å². The topological polar surface area (TPSA) is 58.8 Å².